The largest absolute Gasteiger partial charge is 0.504 e. The summed E-state index contributed by atoms with van der Waals surface area (Å²) >= 11 is 0. The van der Waals surface area contributed by atoms with E-state index in [1.54, 1.807) is 22.9 Å². The van der Waals surface area contributed by atoms with Crippen LogP contribution in [0.2, 0.25) is 0 Å². The second-order valence-electron chi connectivity index (χ2n) is 6.57. The maximum absolute atomic E-state index is 12.6. The molecule has 1 saturated heterocycles. The quantitative estimate of drug-likeness (QED) is 0.800. The summed E-state index contributed by atoms with van der Waals surface area (Å²) in [4.78, 5) is 15.8. The molecule has 3 rings (SSSR count). The highest BCUT2D eigenvalue weighted by atomic mass is 19.4. The maximum Gasteiger partial charge on any atom is 0.416 e. The van der Waals surface area contributed by atoms with Gasteiger partial charge in [0.25, 0.3) is 0 Å². The summed E-state index contributed by atoms with van der Waals surface area (Å²) in [5, 5.41) is 19.2. The number of alkyl halides is 3. The molecule has 5 nitrogen and oxygen atoms in total. The first kappa shape index (κ1) is 19.0. The molecule has 2 N–H and O–H groups in total. The van der Waals surface area contributed by atoms with Crippen molar-refractivity contribution in [2.75, 3.05) is 20.1 Å². The molecule has 8 heteroatoms. The molecule has 2 aromatic rings. The molecule has 1 atom stereocenters. The third kappa shape index (κ3) is 4.00. The first-order valence-electron chi connectivity index (χ1n) is 8.34. The molecule has 0 saturated carbocycles. The lowest BCUT2D eigenvalue weighted by Crippen LogP contribution is -2.32. The molecule has 0 radical (unpaired) electrons. The van der Waals surface area contributed by atoms with E-state index in [0.29, 0.717) is 24.1 Å². The predicted molar refractivity (Wildman–Crippen MR) is 92.0 cm³/mol. The topological polar surface area (TPSA) is 64.0 Å². The fraction of sp³-hybridized carbons (Fsp3) is 0.316. The van der Waals surface area contributed by atoms with E-state index in [9.17, 15) is 28.2 Å². The van der Waals surface area contributed by atoms with Gasteiger partial charge in [0.05, 0.1) is 12.1 Å². The molecule has 1 fully saturated rings. The highest BCUT2D eigenvalue weighted by Gasteiger charge is 2.36. The van der Waals surface area contributed by atoms with Crippen molar-refractivity contribution in [3.8, 4) is 11.5 Å². The van der Waals surface area contributed by atoms with Crippen LogP contribution < -0.4 is 0 Å². The van der Waals surface area contributed by atoms with E-state index in [0.717, 1.165) is 12.1 Å². The van der Waals surface area contributed by atoms with Crippen LogP contribution >= 0.6 is 0 Å². The van der Waals surface area contributed by atoms with Crippen LogP contribution in [0.1, 0.15) is 22.9 Å². The monoisotopic (exact) mass is 380 g/mol. The van der Waals surface area contributed by atoms with Crippen LogP contribution in [0.3, 0.4) is 0 Å². The number of phenols is 2. The molecule has 1 amide bonds. The fourth-order valence-electron chi connectivity index (χ4n) is 3.26. The Morgan fingerprint density at radius 3 is 2.33 bits per heavy atom. The van der Waals surface area contributed by atoms with Crippen molar-refractivity contribution in [1.82, 2.24) is 9.80 Å². The Morgan fingerprint density at radius 1 is 1.07 bits per heavy atom. The van der Waals surface area contributed by atoms with Gasteiger partial charge in [-0.2, -0.15) is 13.2 Å². The van der Waals surface area contributed by atoms with E-state index in [-0.39, 0.29) is 24.0 Å². The number of hydrogen-bond acceptors (Lipinski definition) is 4. The summed E-state index contributed by atoms with van der Waals surface area (Å²) in [7, 11) is 1.77. The van der Waals surface area contributed by atoms with Crippen LogP contribution in [0.15, 0.2) is 42.5 Å². The molecule has 0 spiro atoms. The number of amides is 1. The van der Waals surface area contributed by atoms with Gasteiger partial charge in [-0.1, -0.05) is 18.2 Å². The van der Waals surface area contributed by atoms with E-state index in [4.69, 9.17) is 0 Å². The number of phenolic OH excluding ortho intramolecular Hbond substituents is 2. The smallest absolute Gasteiger partial charge is 0.416 e. The Balaban J connectivity index is 1.75. The Morgan fingerprint density at radius 2 is 1.74 bits per heavy atom. The highest BCUT2D eigenvalue weighted by Crippen LogP contribution is 2.34. The lowest BCUT2D eigenvalue weighted by molar-refractivity contribution is -0.137. The van der Waals surface area contributed by atoms with Gasteiger partial charge in [0.1, 0.15) is 6.17 Å². The number of halogens is 3. The minimum Gasteiger partial charge on any atom is -0.504 e. The van der Waals surface area contributed by atoms with Gasteiger partial charge in [0.15, 0.2) is 11.5 Å². The van der Waals surface area contributed by atoms with Crippen molar-refractivity contribution >= 4 is 5.91 Å². The number of aromatic hydroxyl groups is 2. The molecule has 0 aliphatic carbocycles. The molecule has 1 unspecified atom stereocenters. The first-order chi connectivity index (χ1) is 12.7. The number of benzene rings is 2. The van der Waals surface area contributed by atoms with Crippen LogP contribution in [0.5, 0.6) is 11.5 Å². The highest BCUT2D eigenvalue weighted by molar-refractivity contribution is 5.81. The lowest BCUT2D eigenvalue weighted by Gasteiger charge is -2.28. The third-order valence-electron chi connectivity index (χ3n) is 4.64. The summed E-state index contributed by atoms with van der Waals surface area (Å²) in [5.74, 6) is -0.632. The second-order valence-corrected chi connectivity index (χ2v) is 6.57. The standard InChI is InChI=1S/C19H19F3N2O3/c1-23-11-17(27)24(18(23)13-4-7-15(25)16(26)10-13)9-8-12-2-5-14(6-3-12)19(20,21)22/h2-7,10,18,25-26H,8-9,11H2,1H3. The molecular weight excluding hydrogens is 361 g/mol. The molecular formula is C19H19F3N2O3. The van der Waals surface area contributed by atoms with Crippen molar-refractivity contribution in [1.29, 1.82) is 0 Å². The molecule has 144 valence electrons. The van der Waals surface area contributed by atoms with Crippen LogP contribution in [0.4, 0.5) is 13.2 Å². The van der Waals surface area contributed by atoms with Crippen LogP contribution in [0.25, 0.3) is 0 Å². The number of hydrogen-bond donors (Lipinski definition) is 2. The van der Waals surface area contributed by atoms with Crippen molar-refractivity contribution in [3.05, 3.63) is 59.2 Å². The summed E-state index contributed by atoms with van der Waals surface area (Å²) in [6.45, 7) is 0.514. The molecule has 27 heavy (non-hydrogen) atoms. The minimum atomic E-state index is -4.38. The zero-order chi connectivity index (χ0) is 19.8. The summed E-state index contributed by atoms with van der Waals surface area (Å²) in [6, 6.07) is 9.27. The Bertz CT molecular complexity index is 837. The van der Waals surface area contributed by atoms with Crippen molar-refractivity contribution < 1.29 is 28.2 Å². The van der Waals surface area contributed by atoms with Gasteiger partial charge in [0, 0.05) is 6.54 Å². The summed E-state index contributed by atoms with van der Waals surface area (Å²) in [5.41, 5.74) is 0.629. The average Bonchev–Trinajstić information content (AvgIpc) is 2.88. The van der Waals surface area contributed by atoms with Crippen molar-refractivity contribution in [2.45, 2.75) is 18.8 Å². The van der Waals surface area contributed by atoms with Gasteiger partial charge in [-0.15, -0.1) is 0 Å². The van der Waals surface area contributed by atoms with Gasteiger partial charge in [-0.05, 0) is 48.9 Å². The predicted octanol–water partition coefficient (Wildman–Crippen LogP) is 3.13. The van der Waals surface area contributed by atoms with Gasteiger partial charge < -0.3 is 15.1 Å². The Kier molecular flexibility index (Phi) is 5.01. The van der Waals surface area contributed by atoms with E-state index in [1.807, 2.05) is 0 Å². The number of carbonyl (C=O) groups excluding carboxylic acids is 1. The number of carbonyl (C=O) groups is 1. The zero-order valence-electron chi connectivity index (χ0n) is 14.6. The van der Waals surface area contributed by atoms with Crippen molar-refractivity contribution in [2.24, 2.45) is 0 Å². The molecule has 0 aromatic heterocycles. The maximum atomic E-state index is 12.6. The first-order valence-corrected chi connectivity index (χ1v) is 8.34. The lowest BCUT2D eigenvalue weighted by atomic mass is 10.1. The normalized spacial score (nSPS) is 18.3. The summed E-state index contributed by atoms with van der Waals surface area (Å²) < 4.78 is 37.9. The molecule has 1 heterocycles. The van der Waals surface area contributed by atoms with Gasteiger partial charge in [-0.3, -0.25) is 9.69 Å². The van der Waals surface area contributed by atoms with E-state index < -0.39 is 17.9 Å². The van der Waals surface area contributed by atoms with Crippen LogP contribution in [0, 0.1) is 0 Å². The molecule has 2 aromatic carbocycles. The molecule has 0 bridgehead atoms. The van der Waals surface area contributed by atoms with Crippen LogP contribution in [-0.2, 0) is 17.4 Å². The zero-order valence-corrected chi connectivity index (χ0v) is 14.6. The van der Waals surface area contributed by atoms with Gasteiger partial charge >= 0.3 is 6.18 Å². The average molecular weight is 380 g/mol. The second kappa shape index (κ2) is 7.11. The van der Waals surface area contributed by atoms with E-state index in [2.05, 4.69) is 0 Å². The summed E-state index contributed by atoms with van der Waals surface area (Å²) in [6.07, 6.45) is -4.39. The SMILES string of the molecule is CN1CC(=O)N(CCc2ccc(C(F)(F)F)cc2)C1c1ccc(O)c(O)c1. The minimum absolute atomic E-state index is 0.109. The third-order valence-corrected chi connectivity index (χ3v) is 4.64. The van der Waals surface area contributed by atoms with E-state index >= 15 is 0 Å². The number of likely N-dealkylation sites (N-methyl/N-ethyl adjacent to an activating group) is 1. The fourth-order valence-corrected chi connectivity index (χ4v) is 3.26. The van der Waals surface area contributed by atoms with Gasteiger partial charge in [-0.25, -0.2) is 0 Å². The Hall–Kier alpha value is -2.74. The molecule has 1 aliphatic rings. The van der Waals surface area contributed by atoms with Crippen LogP contribution in [-0.4, -0.2) is 46.1 Å². The Labute approximate surface area is 154 Å². The molecule has 1 aliphatic heterocycles. The van der Waals surface area contributed by atoms with E-state index in [1.165, 1.54) is 24.3 Å². The number of rotatable bonds is 4. The van der Waals surface area contributed by atoms with Gasteiger partial charge in [0.2, 0.25) is 5.91 Å². The number of nitrogens with zero attached hydrogens (tertiary/aromatic N) is 2. The van der Waals surface area contributed by atoms with Crippen molar-refractivity contribution in [3.63, 3.8) is 0 Å².